The molecule has 0 aromatic heterocycles. The molecule has 0 radical (unpaired) electrons. The van der Waals surface area contributed by atoms with Gasteiger partial charge in [0, 0.05) is 6.61 Å². The first-order valence-electron chi connectivity index (χ1n) is 3.35. The van der Waals surface area contributed by atoms with E-state index in [4.69, 9.17) is 20.4 Å². The molecule has 0 saturated carbocycles. The van der Waals surface area contributed by atoms with Gasteiger partial charge in [0.2, 0.25) is 0 Å². The average Bonchev–Trinajstić information content (AvgIpc) is 2.02. The number of alkyl halides is 1. The van der Waals surface area contributed by atoms with E-state index in [1.807, 2.05) is 0 Å². The molecule has 0 saturated heterocycles. The molecule has 0 bridgehead atoms. The van der Waals surface area contributed by atoms with E-state index in [0.717, 1.165) is 0 Å². The van der Waals surface area contributed by atoms with Gasteiger partial charge >= 0.3 is 0 Å². The SMILES string of the molecule is OCCC(O)C(O)C(F)CO. The normalized spacial score (nSPS) is 19.4. The zero-order chi connectivity index (χ0) is 8.85. The summed E-state index contributed by atoms with van der Waals surface area (Å²) >= 11 is 0. The fraction of sp³-hybridized carbons (Fsp3) is 1.00. The van der Waals surface area contributed by atoms with Crippen molar-refractivity contribution < 1.29 is 24.8 Å². The lowest BCUT2D eigenvalue weighted by molar-refractivity contribution is -0.0515. The van der Waals surface area contributed by atoms with E-state index in [1.54, 1.807) is 0 Å². The lowest BCUT2D eigenvalue weighted by Gasteiger charge is -2.18. The fourth-order valence-electron chi connectivity index (χ4n) is 0.652. The van der Waals surface area contributed by atoms with Crippen molar-refractivity contribution in [2.75, 3.05) is 13.2 Å². The molecule has 0 aromatic carbocycles. The molecule has 0 heterocycles. The Kier molecular flexibility index (Phi) is 5.31. The fourth-order valence-corrected chi connectivity index (χ4v) is 0.652. The van der Waals surface area contributed by atoms with Crippen molar-refractivity contribution >= 4 is 0 Å². The zero-order valence-corrected chi connectivity index (χ0v) is 6.02. The van der Waals surface area contributed by atoms with Crippen LogP contribution >= 0.6 is 0 Å². The second-order valence-electron chi connectivity index (χ2n) is 2.27. The second-order valence-corrected chi connectivity index (χ2v) is 2.27. The highest BCUT2D eigenvalue weighted by Gasteiger charge is 2.24. The molecule has 11 heavy (non-hydrogen) atoms. The summed E-state index contributed by atoms with van der Waals surface area (Å²) in [7, 11) is 0. The third-order valence-electron chi connectivity index (χ3n) is 1.36. The van der Waals surface area contributed by atoms with Crippen LogP contribution in [0.1, 0.15) is 6.42 Å². The predicted octanol–water partition coefficient (Wildman–Crippen LogP) is -1.58. The molecule has 3 atom stereocenters. The monoisotopic (exact) mass is 168 g/mol. The summed E-state index contributed by atoms with van der Waals surface area (Å²) in [5.41, 5.74) is 0. The summed E-state index contributed by atoms with van der Waals surface area (Å²) in [6.45, 7) is -1.15. The van der Waals surface area contributed by atoms with Crippen LogP contribution in [0.3, 0.4) is 0 Å². The molecule has 0 aliphatic carbocycles. The summed E-state index contributed by atoms with van der Waals surface area (Å²) in [5.74, 6) is 0. The quantitative estimate of drug-likeness (QED) is 0.399. The van der Waals surface area contributed by atoms with Gasteiger partial charge in [0.25, 0.3) is 0 Å². The number of hydrogen-bond acceptors (Lipinski definition) is 4. The lowest BCUT2D eigenvalue weighted by atomic mass is 10.1. The molecular weight excluding hydrogens is 155 g/mol. The van der Waals surface area contributed by atoms with Crippen molar-refractivity contribution in [1.29, 1.82) is 0 Å². The van der Waals surface area contributed by atoms with Gasteiger partial charge in [-0.3, -0.25) is 0 Å². The Hall–Kier alpha value is -0.230. The minimum absolute atomic E-state index is 0.0956. The Balaban J connectivity index is 3.70. The van der Waals surface area contributed by atoms with Crippen LogP contribution in [0.15, 0.2) is 0 Å². The van der Waals surface area contributed by atoms with Crippen LogP contribution in [0.2, 0.25) is 0 Å². The molecule has 5 heteroatoms. The number of aliphatic hydroxyl groups is 4. The zero-order valence-electron chi connectivity index (χ0n) is 6.02. The third kappa shape index (κ3) is 3.62. The Bertz CT molecular complexity index is 101. The summed E-state index contributed by atoms with van der Waals surface area (Å²) in [4.78, 5) is 0. The van der Waals surface area contributed by atoms with E-state index >= 15 is 0 Å². The molecule has 3 unspecified atom stereocenters. The van der Waals surface area contributed by atoms with Crippen LogP contribution in [-0.2, 0) is 0 Å². The average molecular weight is 168 g/mol. The largest absolute Gasteiger partial charge is 0.396 e. The van der Waals surface area contributed by atoms with Gasteiger partial charge in [-0.1, -0.05) is 0 Å². The van der Waals surface area contributed by atoms with E-state index in [0.29, 0.717) is 0 Å². The lowest BCUT2D eigenvalue weighted by Crippen LogP contribution is -2.37. The first-order valence-corrected chi connectivity index (χ1v) is 3.35. The molecule has 4 nitrogen and oxygen atoms in total. The third-order valence-corrected chi connectivity index (χ3v) is 1.36. The van der Waals surface area contributed by atoms with Gasteiger partial charge in [0.05, 0.1) is 12.7 Å². The van der Waals surface area contributed by atoms with E-state index in [2.05, 4.69) is 0 Å². The topological polar surface area (TPSA) is 80.9 Å². The van der Waals surface area contributed by atoms with Gasteiger partial charge in [0.1, 0.15) is 6.10 Å². The Morgan fingerprint density at radius 2 is 1.73 bits per heavy atom. The Labute approximate surface area is 63.9 Å². The molecule has 0 rings (SSSR count). The number of rotatable bonds is 5. The molecule has 0 amide bonds. The molecule has 0 aromatic rings. The number of aliphatic hydroxyl groups excluding tert-OH is 4. The summed E-state index contributed by atoms with van der Waals surface area (Å²) < 4.78 is 12.4. The first-order chi connectivity index (χ1) is 5.13. The standard InChI is InChI=1S/C6H13FO4/c7-4(3-9)6(11)5(10)1-2-8/h4-6,8-11H,1-3H2. The van der Waals surface area contributed by atoms with Crippen molar-refractivity contribution in [3.05, 3.63) is 0 Å². The summed E-state index contributed by atoms with van der Waals surface area (Å²) in [6, 6.07) is 0. The highest BCUT2D eigenvalue weighted by atomic mass is 19.1. The summed E-state index contributed by atoms with van der Waals surface area (Å²) in [6.07, 6.45) is -4.88. The molecule has 0 aliphatic heterocycles. The highest BCUT2D eigenvalue weighted by molar-refractivity contribution is 4.74. The van der Waals surface area contributed by atoms with Gasteiger partial charge in [-0.2, -0.15) is 0 Å². The van der Waals surface area contributed by atoms with E-state index in [-0.39, 0.29) is 13.0 Å². The van der Waals surface area contributed by atoms with E-state index in [9.17, 15) is 4.39 Å². The van der Waals surface area contributed by atoms with Gasteiger partial charge < -0.3 is 20.4 Å². The molecule has 0 aliphatic rings. The minimum atomic E-state index is -1.85. The maximum atomic E-state index is 12.4. The highest BCUT2D eigenvalue weighted by Crippen LogP contribution is 2.06. The first kappa shape index (κ1) is 10.8. The van der Waals surface area contributed by atoms with Gasteiger partial charge in [-0.05, 0) is 6.42 Å². The smallest absolute Gasteiger partial charge is 0.151 e. The van der Waals surface area contributed by atoms with Crippen LogP contribution < -0.4 is 0 Å². The van der Waals surface area contributed by atoms with Crippen molar-refractivity contribution in [3.63, 3.8) is 0 Å². The van der Waals surface area contributed by atoms with Crippen molar-refractivity contribution in [2.45, 2.75) is 24.8 Å². The molecule has 68 valence electrons. The van der Waals surface area contributed by atoms with Crippen molar-refractivity contribution in [1.82, 2.24) is 0 Å². The van der Waals surface area contributed by atoms with Crippen molar-refractivity contribution in [2.24, 2.45) is 0 Å². The molecular formula is C6H13FO4. The summed E-state index contributed by atoms with van der Waals surface area (Å²) in [5, 5.41) is 34.2. The van der Waals surface area contributed by atoms with Crippen molar-refractivity contribution in [3.8, 4) is 0 Å². The Morgan fingerprint density at radius 3 is 2.09 bits per heavy atom. The Morgan fingerprint density at radius 1 is 1.18 bits per heavy atom. The maximum absolute atomic E-state index is 12.4. The van der Waals surface area contributed by atoms with Gasteiger partial charge in [-0.15, -0.1) is 0 Å². The maximum Gasteiger partial charge on any atom is 0.151 e. The number of halogens is 1. The second kappa shape index (κ2) is 5.42. The van der Waals surface area contributed by atoms with Crippen LogP contribution in [0.4, 0.5) is 4.39 Å². The van der Waals surface area contributed by atoms with Crippen LogP contribution in [0.25, 0.3) is 0 Å². The van der Waals surface area contributed by atoms with Crippen LogP contribution in [0.5, 0.6) is 0 Å². The van der Waals surface area contributed by atoms with E-state index in [1.165, 1.54) is 0 Å². The van der Waals surface area contributed by atoms with E-state index < -0.39 is 25.0 Å². The number of hydrogen-bond donors (Lipinski definition) is 4. The van der Waals surface area contributed by atoms with Gasteiger partial charge in [-0.25, -0.2) is 4.39 Å². The molecule has 0 fully saturated rings. The minimum Gasteiger partial charge on any atom is -0.396 e. The van der Waals surface area contributed by atoms with Gasteiger partial charge in [0.15, 0.2) is 6.17 Å². The van der Waals surface area contributed by atoms with Crippen LogP contribution in [0, 0.1) is 0 Å². The predicted molar refractivity (Wildman–Crippen MR) is 35.7 cm³/mol. The van der Waals surface area contributed by atoms with Crippen LogP contribution in [-0.4, -0.2) is 52.0 Å². The molecule has 4 N–H and O–H groups in total. The molecule has 0 spiro atoms.